The van der Waals surface area contributed by atoms with Gasteiger partial charge in [0.1, 0.15) is 5.69 Å². The Morgan fingerprint density at radius 1 is 0.844 bits per heavy atom. The van der Waals surface area contributed by atoms with Crippen molar-refractivity contribution in [1.82, 2.24) is 20.4 Å². The summed E-state index contributed by atoms with van der Waals surface area (Å²) in [6.07, 6.45) is 5.99. The fourth-order valence-corrected chi connectivity index (χ4v) is 5.06. The zero-order valence-electron chi connectivity index (χ0n) is 18.3. The highest BCUT2D eigenvalue weighted by Crippen LogP contribution is 2.31. The van der Waals surface area contributed by atoms with Crippen LogP contribution in [-0.2, 0) is 19.9 Å². The molecule has 0 fully saturated rings. The topological polar surface area (TPSA) is 76.0 Å². The van der Waals surface area contributed by atoms with Crippen molar-refractivity contribution in [3.05, 3.63) is 88.2 Å². The molecule has 6 heteroatoms. The Kier molecular flexibility index (Phi) is 5.52. The number of benzene rings is 2. The zero-order chi connectivity index (χ0) is 22.1. The molecule has 0 spiro atoms. The van der Waals surface area contributed by atoms with Gasteiger partial charge in [-0.25, -0.2) is 0 Å². The van der Waals surface area contributed by atoms with E-state index in [4.69, 9.17) is 0 Å². The molecule has 32 heavy (non-hydrogen) atoms. The zero-order valence-corrected chi connectivity index (χ0v) is 18.3. The molecule has 0 saturated heterocycles. The lowest BCUT2D eigenvalue weighted by molar-refractivity contribution is 0.0917. The second kappa shape index (κ2) is 8.61. The number of hydrogen-bond donors (Lipinski definition) is 2. The number of nitrogens with zero attached hydrogens (tertiary/aromatic N) is 2. The maximum Gasteiger partial charge on any atom is 0.272 e. The Balaban J connectivity index is 1.30. The summed E-state index contributed by atoms with van der Waals surface area (Å²) in [5, 5.41) is 10.6. The van der Waals surface area contributed by atoms with Gasteiger partial charge >= 0.3 is 0 Å². The molecule has 0 aliphatic heterocycles. The van der Waals surface area contributed by atoms with Gasteiger partial charge in [0.2, 0.25) is 0 Å². The predicted molar refractivity (Wildman–Crippen MR) is 122 cm³/mol. The second-order valence-corrected chi connectivity index (χ2v) is 8.77. The van der Waals surface area contributed by atoms with E-state index in [0.29, 0.717) is 5.69 Å². The fraction of sp³-hybridized carbons (Fsp3) is 0.346. The van der Waals surface area contributed by atoms with Crippen LogP contribution in [0.5, 0.6) is 0 Å². The van der Waals surface area contributed by atoms with Crippen molar-refractivity contribution in [3.8, 4) is 0 Å². The van der Waals surface area contributed by atoms with Crippen LogP contribution in [0, 0.1) is 0 Å². The van der Waals surface area contributed by atoms with Crippen LogP contribution in [0.4, 0.5) is 0 Å². The number of nitrogens with one attached hydrogen (secondary N) is 2. The van der Waals surface area contributed by atoms with Crippen molar-refractivity contribution >= 4 is 11.8 Å². The highest BCUT2D eigenvalue weighted by atomic mass is 16.2. The Morgan fingerprint density at radius 3 is 1.97 bits per heavy atom. The number of amides is 2. The van der Waals surface area contributed by atoms with Crippen LogP contribution in [0.25, 0.3) is 0 Å². The monoisotopic (exact) mass is 428 g/mol. The molecule has 3 aromatic rings. The standard InChI is InChI=1S/C26H28N4O2/c1-30-24(26(32)28-22-15-7-11-18-9-3-5-13-20(18)22)16-23(29-30)25(31)27-21-14-6-10-17-8-2-4-12-19(17)21/h2-5,8-9,12-13,16,21-22H,6-7,10-11,14-15H2,1H3,(H,27,31)(H,28,32)/t21-,22-/m1/s1. The first-order valence-corrected chi connectivity index (χ1v) is 11.4. The maximum atomic E-state index is 13.0. The van der Waals surface area contributed by atoms with Crippen molar-refractivity contribution in [2.45, 2.75) is 50.6 Å². The molecule has 0 radical (unpaired) electrons. The van der Waals surface area contributed by atoms with Gasteiger partial charge in [-0.15, -0.1) is 0 Å². The van der Waals surface area contributed by atoms with E-state index in [2.05, 4.69) is 40.0 Å². The SMILES string of the molecule is Cn1nc(C(=O)N[C@@H]2CCCc3ccccc32)cc1C(=O)N[C@@H]1CCCc2ccccc21. The first-order valence-electron chi connectivity index (χ1n) is 11.4. The summed E-state index contributed by atoms with van der Waals surface area (Å²) in [4.78, 5) is 26.0. The molecule has 0 unspecified atom stereocenters. The number of fused-ring (bicyclic) bond motifs is 2. The first kappa shape index (κ1) is 20.5. The lowest BCUT2D eigenvalue weighted by Gasteiger charge is -2.26. The molecule has 6 nitrogen and oxygen atoms in total. The quantitative estimate of drug-likeness (QED) is 0.659. The van der Waals surface area contributed by atoms with Crippen LogP contribution < -0.4 is 10.6 Å². The largest absolute Gasteiger partial charge is 0.344 e. The molecule has 0 bridgehead atoms. The number of hydrogen-bond acceptors (Lipinski definition) is 3. The lowest BCUT2D eigenvalue weighted by Crippen LogP contribution is -2.32. The Bertz CT molecular complexity index is 1170. The van der Waals surface area contributed by atoms with Crippen molar-refractivity contribution in [2.75, 3.05) is 0 Å². The Morgan fingerprint density at radius 2 is 1.38 bits per heavy atom. The number of carbonyl (C=O) groups is 2. The molecule has 2 amide bonds. The van der Waals surface area contributed by atoms with Gasteiger partial charge in [-0.2, -0.15) is 5.10 Å². The smallest absolute Gasteiger partial charge is 0.272 e. The van der Waals surface area contributed by atoms with Gasteiger partial charge in [-0.3, -0.25) is 14.3 Å². The normalized spacial score (nSPS) is 19.5. The fourth-order valence-electron chi connectivity index (χ4n) is 5.06. The second-order valence-electron chi connectivity index (χ2n) is 8.77. The average Bonchev–Trinajstić information content (AvgIpc) is 3.21. The van der Waals surface area contributed by atoms with E-state index >= 15 is 0 Å². The Labute approximate surface area is 188 Å². The van der Waals surface area contributed by atoms with E-state index < -0.39 is 0 Å². The number of carbonyl (C=O) groups excluding carboxylic acids is 2. The Hall–Kier alpha value is -3.41. The summed E-state index contributed by atoms with van der Waals surface area (Å²) < 4.78 is 1.49. The summed E-state index contributed by atoms with van der Waals surface area (Å²) in [5.41, 5.74) is 5.60. The third kappa shape index (κ3) is 3.93. The molecular formula is C26H28N4O2. The van der Waals surface area contributed by atoms with Gasteiger partial charge in [0.05, 0.1) is 12.1 Å². The van der Waals surface area contributed by atoms with Gasteiger partial charge in [-0.1, -0.05) is 48.5 Å². The minimum Gasteiger partial charge on any atom is -0.344 e. The van der Waals surface area contributed by atoms with Crippen LogP contribution in [0.3, 0.4) is 0 Å². The molecule has 5 rings (SSSR count). The molecule has 2 aromatic carbocycles. The maximum absolute atomic E-state index is 13.0. The van der Waals surface area contributed by atoms with Crippen molar-refractivity contribution in [2.24, 2.45) is 7.05 Å². The minimum absolute atomic E-state index is 0.0154. The predicted octanol–water partition coefficient (Wildman–Crippen LogP) is 4.03. The molecule has 0 saturated carbocycles. The van der Waals surface area contributed by atoms with Crippen LogP contribution in [0.2, 0.25) is 0 Å². The number of rotatable bonds is 4. The molecule has 1 aromatic heterocycles. The lowest BCUT2D eigenvalue weighted by atomic mass is 9.87. The average molecular weight is 429 g/mol. The molecule has 2 aliphatic rings. The van der Waals surface area contributed by atoms with Gasteiger partial charge < -0.3 is 10.6 Å². The van der Waals surface area contributed by atoms with E-state index in [1.54, 1.807) is 13.1 Å². The third-order valence-electron chi connectivity index (χ3n) is 6.69. The molecule has 1 heterocycles. The van der Waals surface area contributed by atoms with E-state index in [1.807, 2.05) is 24.3 Å². The highest BCUT2D eigenvalue weighted by molar-refractivity contribution is 5.98. The summed E-state index contributed by atoms with van der Waals surface area (Å²) in [6, 6.07) is 18.1. The van der Waals surface area contributed by atoms with Crippen LogP contribution in [0.1, 0.15) is 81.0 Å². The van der Waals surface area contributed by atoms with Crippen molar-refractivity contribution in [3.63, 3.8) is 0 Å². The van der Waals surface area contributed by atoms with E-state index in [-0.39, 0.29) is 29.6 Å². The summed E-state index contributed by atoms with van der Waals surface area (Å²) in [5.74, 6) is -0.451. The molecule has 164 valence electrons. The van der Waals surface area contributed by atoms with Gasteiger partial charge in [0, 0.05) is 13.1 Å². The summed E-state index contributed by atoms with van der Waals surface area (Å²) in [6.45, 7) is 0. The first-order chi connectivity index (χ1) is 15.6. The minimum atomic E-state index is -0.246. The third-order valence-corrected chi connectivity index (χ3v) is 6.69. The van der Waals surface area contributed by atoms with E-state index in [9.17, 15) is 9.59 Å². The number of aromatic nitrogens is 2. The molecule has 2 atom stereocenters. The van der Waals surface area contributed by atoms with Crippen LogP contribution >= 0.6 is 0 Å². The van der Waals surface area contributed by atoms with Gasteiger partial charge in [0.25, 0.3) is 11.8 Å². The summed E-state index contributed by atoms with van der Waals surface area (Å²) >= 11 is 0. The van der Waals surface area contributed by atoms with Gasteiger partial charge in [0.15, 0.2) is 5.69 Å². The van der Waals surface area contributed by atoms with E-state index in [0.717, 1.165) is 38.5 Å². The van der Waals surface area contributed by atoms with Crippen LogP contribution in [-0.4, -0.2) is 21.6 Å². The number of aryl methyl sites for hydroxylation is 3. The molecule has 2 aliphatic carbocycles. The van der Waals surface area contributed by atoms with E-state index in [1.165, 1.54) is 26.9 Å². The van der Waals surface area contributed by atoms with Crippen LogP contribution in [0.15, 0.2) is 54.6 Å². The van der Waals surface area contributed by atoms with Crippen molar-refractivity contribution in [1.29, 1.82) is 0 Å². The van der Waals surface area contributed by atoms with Gasteiger partial charge in [-0.05, 0) is 60.8 Å². The summed E-state index contributed by atoms with van der Waals surface area (Å²) in [7, 11) is 1.70. The molecule has 2 N–H and O–H groups in total. The molecular weight excluding hydrogens is 400 g/mol. The van der Waals surface area contributed by atoms with Crippen molar-refractivity contribution < 1.29 is 9.59 Å². The highest BCUT2D eigenvalue weighted by Gasteiger charge is 2.26.